The average Bonchev–Trinajstić information content (AvgIpc) is 3.20. The van der Waals surface area contributed by atoms with Crippen molar-refractivity contribution in [2.75, 3.05) is 6.61 Å². The highest BCUT2D eigenvalue weighted by Crippen LogP contribution is 2.18. The molecule has 0 fully saturated rings. The van der Waals surface area contributed by atoms with E-state index in [2.05, 4.69) is 19.2 Å². The summed E-state index contributed by atoms with van der Waals surface area (Å²) in [5, 5.41) is 43.9. The standard InChI is InChI=1S/C50H101NO5/c1-3-5-7-9-11-13-15-17-19-21-22-23-24-25-26-27-28-30-31-33-35-37-39-41-43-47(53)49(55)46(45-52)51-50(56)48(54)44-42-40-38-36-34-32-29-20-18-16-14-12-10-8-6-4-2/h46-49,52-55H,3-45H2,1-2H3,(H,51,56). The van der Waals surface area contributed by atoms with Crippen LogP contribution in [-0.4, -0.2) is 57.3 Å². The second-order valence-electron chi connectivity index (χ2n) is 17.9. The predicted molar refractivity (Wildman–Crippen MR) is 242 cm³/mol. The first-order valence-corrected chi connectivity index (χ1v) is 25.4. The Morgan fingerprint density at radius 1 is 0.375 bits per heavy atom. The third-order valence-corrected chi connectivity index (χ3v) is 12.3. The molecule has 0 spiro atoms. The molecule has 0 saturated carbocycles. The number of carbonyl (C=O) groups is 1. The van der Waals surface area contributed by atoms with Gasteiger partial charge in [-0.25, -0.2) is 0 Å². The van der Waals surface area contributed by atoms with Crippen molar-refractivity contribution in [1.29, 1.82) is 0 Å². The third kappa shape index (κ3) is 38.8. The topological polar surface area (TPSA) is 110 Å². The van der Waals surface area contributed by atoms with E-state index in [0.29, 0.717) is 12.8 Å². The molecule has 5 N–H and O–H groups in total. The summed E-state index contributed by atoms with van der Waals surface area (Å²) >= 11 is 0. The smallest absolute Gasteiger partial charge is 0.249 e. The van der Waals surface area contributed by atoms with Gasteiger partial charge in [-0.1, -0.05) is 271 Å². The minimum atomic E-state index is -1.25. The van der Waals surface area contributed by atoms with Crippen LogP contribution < -0.4 is 5.32 Å². The molecule has 0 aromatic heterocycles. The van der Waals surface area contributed by atoms with Gasteiger partial charge < -0.3 is 25.7 Å². The fourth-order valence-corrected chi connectivity index (χ4v) is 8.29. The number of aliphatic hydroxyl groups is 4. The maximum absolute atomic E-state index is 12.5. The number of hydrogen-bond donors (Lipinski definition) is 5. The normalized spacial score (nSPS) is 13.9. The predicted octanol–water partition coefficient (Wildman–Crippen LogP) is 14.0. The maximum atomic E-state index is 12.5. The van der Waals surface area contributed by atoms with Crippen molar-refractivity contribution >= 4 is 5.91 Å². The van der Waals surface area contributed by atoms with Gasteiger partial charge in [-0.05, 0) is 12.8 Å². The van der Waals surface area contributed by atoms with Crippen molar-refractivity contribution in [2.45, 2.75) is 308 Å². The van der Waals surface area contributed by atoms with E-state index in [1.807, 2.05) is 0 Å². The van der Waals surface area contributed by atoms with Crippen LogP contribution in [0.4, 0.5) is 0 Å². The second-order valence-corrected chi connectivity index (χ2v) is 17.9. The second kappa shape index (κ2) is 45.4. The van der Waals surface area contributed by atoms with Crippen LogP contribution in [0.25, 0.3) is 0 Å². The first kappa shape index (κ1) is 55.3. The molecule has 0 rings (SSSR count). The van der Waals surface area contributed by atoms with Crippen molar-refractivity contribution in [3.8, 4) is 0 Å². The van der Waals surface area contributed by atoms with Crippen LogP contribution in [-0.2, 0) is 4.79 Å². The molecular formula is C50H101NO5. The number of aliphatic hydroxyl groups excluding tert-OH is 4. The van der Waals surface area contributed by atoms with Crippen LogP contribution in [0.15, 0.2) is 0 Å². The number of nitrogens with one attached hydrogen (secondary N) is 1. The van der Waals surface area contributed by atoms with Gasteiger partial charge in [0.2, 0.25) is 5.91 Å². The highest BCUT2D eigenvalue weighted by molar-refractivity contribution is 5.80. The lowest BCUT2D eigenvalue weighted by Crippen LogP contribution is -2.53. The minimum Gasteiger partial charge on any atom is -0.394 e. The lowest BCUT2D eigenvalue weighted by molar-refractivity contribution is -0.132. The fourth-order valence-electron chi connectivity index (χ4n) is 8.29. The van der Waals surface area contributed by atoms with Crippen molar-refractivity contribution < 1.29 is 25.2 Å². The zero-order valence-electron chi connectivity index (χ0n) is 37.9. The van der Waals surface area contributed by atoms with E-state index in [0.717, 1.165) is 38.5 Å². The zero-order valence-corrected chi connectivity index (χ0v) is 37.9. The third-order valence-electron chi connectivity index (χ3n) is 12.3. The van der Waals surface area contributed by atoms with E-state index in [1.54, 1.807) is 0 Å². The largest absolute Gasteiger partial charge is 0.394 e. The molecule has 0 aromatic rings. The van der Waals surface area contributed by atoms with E-state index < -0.39 is 36.9 Å². The van der Waals surface area contributed by atoms with Gasteiger partial charge in [0.25, 0.3) is 0 Å². The zero-order chi connectivity index (χ0) is 41.0. The summed E-state index contributed by atoms with van der Waals surface area (Å²) in [5.74, 6) is -0.578. The lowest BCUT2D eigenvalue weighted by Gasteiger charge is -2.27. The van der Waals surface area contributed by atoms with Crippen LogP contribution >= 0.6 is 0 Å². The van der Waals surface area contributed by atoms with Crippen molar-refractivity contribution in [2.24, 2.45) is 0 Å². The molecule has 4 unspecified atom stereocenters. The number of unbranched alkanes of at least 4 members (excludes halogenated alkanes) is 38. The molecule has 0 heterocycles. The molecule has 0 aliphatic heterocycles. The quantitative estimate of drug-likeness (QED) is 0.0394. The molecule has 0 aromatic carbocycles. The molecule has 56 heavy (non-hydrogen) atoms. The van der Waals surface area contributed by atoms with Crippen LogP contribution in [0.5, 0.6) is 0 Å². The van der Waals surface area contributed by atoms with E-state index in [9.17, 15) is 25.2 Å². The maximum Gasteiger partial charge on any atom is 0.249 e. The monoisotopic (exact) mass is 796 g/mol. The first-order valence-electron chi connectivity index (χ1n) is 25.4. The van der Waals surface area contributed by atoms with Gasteiger partial charge in [-0.3, -0.25) is 4.79 Å². The number of hydrogen-bond acceptors (Lipinski definition) is 5. The van der Waals surface area contributed by atoms with E-state index >= 15 is 0 Å². The molecule has 0 saturated heterocycles. The van der Waals surface area contributed by atoms with E-state index in [-0.39, 0.29) is 0 Å². The Balaban J connectivity index is 3.61. The van der Waals surface area contributed by atoms with Gasteiger partial charge in [0.15, 0.2) is 0 Å². The molecule has 0 aliphatic rings. The molecule has 0 bridgehead atoms. The molecule has 1 amide bonds. The highest BCUT2D eigenvalue weighted by Gasteiger charge is 2.28. The summed E-state index contributed by atoms with van der Waals surface area (Å²) in [6.45, 7) is 4.08. The fraction of sp³-hybridized carbons (Fsp3) is 0.980. The van der Waals surface area contributed by atoms with Crippen molar-refractivity contribution in [1.82, 2.24) is 5.32 Å². The molecular weight excluding hydrogens is 695 g/mol. The Kier molecular flexibility index (Phi) is 44.8. The molecule has 0 aliphatic carbocycles. The van der Waals surface area contributed by atoms with Gasteiger partial charge in [0.1, 0.15) is 12.2 Å². The molecule has 336 valence electrons. The van der Waals surface area contributed by atoms with Gasteiger partial charge >= 0.3 is 0 Å². The molecule has 6 heteroatoms. The Labute approximate surface area is 350 Å². The van der Waals surface area contributed by atoms with Gasteiger partial charge in [-0.2, -0.15) is 0 Å². The van der Waals surface area contributed by atoms with E-state index in [1.165, 1.54) is 218 Å². The van der Waals surface area contributed by atoms with Crippen LogP contribution in [0.2, 0.25) is 0 Å². The highest BCUT2D eigenvalue weighted by atomic mass is 16.3. The van der Waals surface area contributed by atoms with Gasteiger partial charge in [0, 0.05) is 0 Å². The summed E-state index contributed by atoms with van der Waals surface area (Å²) in [7, 11) is 0. The minimum absolute atomic E-state index is 0.376. The number of rotatable bonds is 47. The van der Waals surface area contributed by atoms with Crippen molar-refractivity contribution in [3.63, 3.8) is 0 Å². The molecule has 4 atom stereocenters. The Morgan fingerprint density at radius 2 is 0.607 bits per heavy atom. The van der Waals surface area contributed by atoms with Crippen LogP contribution in [0, 0.1) is 0 Å². The lowest BCUT2D eigenvalue weighted by atomic mass is 9.99. The summed E-state index contributed by atoms with van der Waals surface area (Å²) in [5.41, 5.74) is 0. The molecule has 6 nitrogen and oxygen atoms in total. The Morgan fingerprint density at radius 3 is 0.857 bits per heavy atom. The van der Waals surface area contributed by atoms with Crippen molar-refractivity contribution in [3.05, 3.63) is 0 Å². The van der Waals surface area contributed by atoms with E-state index in [4.69, 9.17) is 0 Å². The van der Waals surface area contributed by atoms with Gasteiger partial charge in [-0.15, -0.1) is 0 Å². The average molecular weight is 796 g/mol. The first-order chi connectivity index (χ1) is 27.5. The summed E-state index contributed by atoms with van der Waals surface area (Å²) < 4.78 is 0. The van der Waals surface area contributed by atoms with Gasteiger partial charge in [0.05, 0.1) is 18.8 Å². The summed E-state index contributed by atoms with van der Waals surface area (Å²) in [4.78, 5) is 12.5. The number of carbonyl (C=O) groups excluding carboxylic acids is 1. The number of amides is 1. The summed E-state index contributed by atoms with van der Waals surface area (Å²) in [6.07, 6.45) is 50.1. The Hall–Kier alpha value is -0.690. The SMILES string of the molecule is CCCCCCCCCCCCCCCCCCCCCCCCCCC(O)C(O)C(CO)NC(=O)C(O)CCCCCCCCCCCCCCCCCC. The molecule has 0 radical (unpaired) electrons. The van der Waals surface area contributed by atoms with Crippen LogP contribution in [0.3, 0.4) is 0 Å². The summed E-state index contributed by atoms with van der Waals surface area (Å²) in [6, 6.07) is -0.979. The Bertz CT molecular complexity index is 766. The van der Waals surface area contributed by atoms with Crippen LogP contribution in [0.1, 0.15) is 284 Å².